The second kappa shape index (κ2) is 6.44. The van der Waals surface area contributed by atoms with E-state index < -0.39 is 0 Å². The molecule has 0 aromatic heterocycles. The summed E-state index contributed by atoms with van der Waals surface area (Å²) in [7, 11) is 0. The van der Waals surface area contributed by atoms with E-state index in [1.807, 2.05) is 12.1 Å². The van der Waals surface area contributed by atoms with Crippen LogP contribution in [0.3, 0.4) is 0 Å². The van der Waals surface area contributed by atoms with Gasteiger partial charge in [-0.05, 0) is 41.7 Å². The average Bonchev–Trinajstić information content (AvgIpc) is 2.48. The number of aryl methyl sites for hydroxylation is 1. The van der Waals surface area contributed by atoms with E-state index in [9.17, 15) is 9.90 Å². The van der Waals surface area contributed by atoms with E-state index in [1.165, 1.54) is 11.6 Å². The molecule has 110 valence electrons. The topological polar surface area (TPSA) is 49.3 Å². The number of benzene rings is 2. The van der Waals surface area contributed by atoms with Crippen LogP contribution in [-0.2, 0) is 6.54 Å². The van der Waals surface area contributed by atoms with Gasteiger partial charge in [-0.25, -0.2) is 0 Å². The van der Waals surface area contributed by atoms with Crippen LogP contribution in [0.1, 0.15) is 46.8 Å². The van der Waals surface area contributed by atoms with Gasteiger partial charge in [0.2, 0.25) is 0 Å². The third kappa shape index (κ3) is 3.85. The lowest BCUT2D eigenvalue weighted by atomic mass is 10.0. The number of carbonyl (C=O) groups is 1. The first-order valence-electron chi connectivity index (χ1n) is 7.14. The number of hydrogen-bond donors (Lipinski definition) is 2. The lowest BCUT2D eigenvalue weighted by Gasteiger charge is -2.09. The Morgan fingerprint density at radius 3 is 2.38 bits per heavy atom. The zero-order chi connectivity index (χ0) is 15.4. The van der Waals surface area contributed by atoms with Crippen molar-refractivity contribution in [3.63, 3.8) is 0 Å². The van der Waals surface area contributed by atoms with E-state index in [0.29, 0.717) is 18.0 Å². The molecule has 2 aromatic carbocycles. The number of carbonyl (C=O) groups excluding carboxylic acids is 1. The fraction of sp³-hybridized carbons (Fsp3) is 0.278. The summed E-state index contributed by atoms with van der Waals surface area (Å²) in [6.07, 6.45) is 0. The number of nitrogens with one attached hydrogen (secondary N) is 1. The van der Waals surface area contributed by atoms with Crippen LogP contribution < -0.4 is 5.32 Å². The largest absolute Gasteiger partial charge is 0.508 e. The van der Waals surface area contributed by atoms with Gasteiger partial charge in [0.15, 0.2) is 0 Å². The van der Waals surface area contributed by atoms with Gasteiger partial charge in [0, 0.05) is 12.1 Å². The summed E-state index contributed by atoms with van der Waals surface area (Å²) in [6.45, 7) is 6.58. The van der Waals surface area contributed by atoms with Gasteiger partial charge in [-0.3, -0.25) is 4.79 Å². The van der Waals surface area contributed by atoms with Crippen molar-refractivity contribution in [1.82, 2.24) is 5.32 Å². The van der Waals surface area contributed by atoms with E-state index in [0.717, 1.165) is 11.1 Å². The van der Waals surface area contributed by atoms with Gasteiger partial charge in [-0.15, -0.1) is 0 Å². The maximum absolute atomic E-state index is 12.0. The van der Waals surface area contributed by atoms with Gasteiger partial charge in [0.05, 0.1) is 0 Å². The van der Waals surface area contributed by atoms with Crippen molar-refractivity contribution in [3.8, 4) is 5.75 Å². The molecule has 0 aliphatic carbocycles. The summed E-state index contributed by atoms with van der Waals surface area (Å²) in [5.41, 5.74) is 3.57. The molecular formula is C18H21NO2. The standard InChI is InChI=1S/C18H21NO2/c1-12(2)15-8-5-14(6-9-15)11-19-18(21)16-7-4-13(3)17(20)10-16/h4-10,12,20H,11H2,1-3H3,(H,19,21). The van der Waals surface area contributed by atoms with Gasteiger partial charge < -0.3 is 10.4 Å². The first-order chi connectivity index (χ1) is 9.97. The minimum absolute atomic E-state index is 0.143. The molecule has 0 fully saturated rings. The molecule has 3 heteroatoms. The number of aromatic hydroxyl groups is 1. The lowest BCUT2D eigenvalue weighted by Crippen LogP contribution is -2.22. The molecule has 2 rings (SSSR count). The second-order valence-corrected chi connectivity index (χ2v) is 5.58. The second-order valence-electron chi connectivity index (χ2n) is 5.58. The maximum atomic E-state index is 12.0. The van der Waals surface area contributed by atoms with Crippen molar-refractivity contribution >= 4 is 5.91 Å². The van der Waals surface area contributed by atoms with Crippen molar-refractivity contribution in [3.05, 3.63) is 64.7 Å². The van der Waals surface area contributed by atoms with Gasteiger partial charge in [0.1, 0.15) is 5.75 Å². The molecule has 0 bridgehead atoms. The van der Waals surface area contributed by atoms with Crippen molar-refractivity contribution in [1.29, 1.82) is 0 Å². The zero-order valence-electron chi connectivity index (χ0n) is 12.7. The Balaban J connectivity index is 1.98. The average molecular weight is 283 g/mol. The molecule has 0 spiro atoms. The molecule has 0 aliphatic heterocycles. The van der Waals surface area contributed by atoms with Gasteiger partial charge in [0.25, 0.3) is 5.91 Å². The summed E-state index contributed by atoms with van der Waals surface area (Å²) in [6, 6.07) is 13.2. The molecular weight excluding hydrogens is 262 g/mol. The molecule has 0 heterocycles. The van der Waals surface area contributed by atoms with Gasteiger partial charge in [-0.2, -0.15) is 0 Å². The summed E-state index contributed by atoms with van der Waals surface area (Å²) >= 11 is 0. The van der Waals surface area contributed by atoms with Crippen LogP contribution in [0.15, 0.2) is 42.5 Å². The van der Waals surface area contributed by atoms with Crippen LogP contribution in [0.4, 0.5) is 0 Å². The number of hydrogen-bond acceptors (Lipinski definition) is 2. The van der Waals surface area contributed by atoms with E-state index in [4.69, 9.17) is 0 Å². The Morgan fingerprint density at radius 2 is 1.81 bits per heavy atom. The first kappa shape index (κ1) is 15.1. The smallest absolute Gasteiger partial charge is 0.251 e. The Labute approximate surface area is 125 Å². The highest BCUT2D eigenvalue weighted by molar-refractivity contribution is 5.94. The van der Waals surface area contributed by atoms with Crippen molar-refractivity contribution < 1.29 is 9.90 Å². The van der Waals surface area contributed by atoms with Gasteiger partial charge >= 0.3 is 0 Å². The third-order valence-corrected chi connectivity index (χ3v) is 3.57. The van der Waals surface area contributed by atoms with Crippen molar-refractivity contribution in [2.24, 2.45) is 0 Å². The van der Waals surface area contributed by atoms with Crippen LogP contribution in [0.2, 0.25) is 0 Å². The molecule has 0 saturated carbocycles. The van der Waals surface area contributed by atoms with E-state index in [1.54, 1.807) is 19.1 Å². The van der Waals surface area contributed by atoms with Crippen molar-refractivity contribution in [2.45, 2.75) is 33.2 Å². The number of phenolic OH excluding ortho intramolecular Hbond substituents is 1. The summed E-state index contributed by atoms with van der Waals surface area (Å²) < 4.78 is 0. The molecule has 2 N–H and O–H groups in total. The minimum atomic E-state index is -0.182. The predicted octanol–water partition coefficient (Wildman–Crippen LogP) is 3.75. The number of amides is 1. The number of rotatable bonds is 4. The number of phenols is 1. The first-order valence-corrected chi connectivity index (χ1v) is 7.14. The lowest BCUT2D eigenvalue weighted by molar-refractivity contribution is 0.0950. The Hall–Kier alpha value is -2.29. The van der Waals surface area contributed by atoms with Crippen LogP contribution in [-0.4, -0.2) is 11.0 Å². The third-order valence-electron chi connectivity index (χ3n) is 3.57. The zero-order valence-corrected chi connectivity index (χ0v) is 12.7. The van der Waals surface area contributed by atoms with Crippen LogP contribution >= 0.6 is 0 Å². The quantitative estimate of drug-likeness (QED) is 0.897. The van der Waals surface area contributed by atoms with E-state index >= 15 is 0 Å². The normalized spacial score (nSPS) is 10.7. The monoisotopic (exact) mass is 283 g/mol. The summed E-state index contributed by atoms with van der Waals surface area (Å²) in [5.74, 6) is 0.464. The van der Waals surface area contributed by atoms with Crippen LogP contribution in [0.5, 0.6) is 5.75 Å². The molecule has 0 atom stereocenters. The Kier molecular flexibility index (Phi) is 4.63. The molecule has 1 amide bonds. The SMILES string of the molecule is Cc1ccc(C(=O)NCc2ccc(C(C)C)cc2)cc1O. The Morgan fingerprint density at radius 1 is 1.14 bits per heavy atom. The molecule has 3 nitrogen and oxygen atoms in total. The molecule has 0 aliphatic rings. The van der Waals surface area contributed by atoms with Crippen LogP contribution in [0.25, 0.3) is 0 Å². The fourth-order valence-corrected chi connectivity index (χ4v) is 2.06. The molecule has 0 unspecified atom stereocenters. The summed E-state index contributed by atoms with van der Waals surface area (Å²) in [4.78, 5) is 12.0. The highest BCUT2D eigenvalue weighted by Gasteiger charge is 2.07. The minimum Gasteiger partial charge on any atom is -0.508 e. The summed E-state index contributed by atoms with van der Waals surface area (Å²) in [5, 5.41) is 12.5. The van der Waals surface area contributed by atoms with E-state index in [-0.39, 0.29) is 11.7 Å². The predicted molar refractivity (Wildman–Crippen MR) is 84.5 cm³/mol. The fourth-order valence-electron chi connectivity index (χ4n) is 2.06. The van der Waals surface area contributed by atoms with Crippen molar-refractivity contribution in [2.75, 3.05) is 0 Å². The molecule has 21 heavy (non-hydrogen) atoms. The molecule has 0 saturated heterocycles. The maximum Gasteiger partial charge on any atom is 0.251 e. The molecule has 2 aromatic rings. The van der Waals surface area contributed by atoms with Gasteiger partial charge in [-0.1, -0.05) is 44.2 Å². The highest BCUT2D eigenvalue weighted by Crippen LogP contribution is 2.18. The Bertz CT molecular complexity index is 630. The van der Waals surface area contributed by atoms with Crippen LogP contribution in [0, 0.1) is 6.92 Å². The molecule has 0 radical (unpaired) electrons. The van der Waals surface area contributed by atoms with E-state index in [2.05, 4.69) is 31.3 Å². The highest BCUT2D eigenvalue weighted by atomic mass is 16.3.